The van der Waals surface area contributed by atoms with Gasteiger partial charge in [-0.3, -0.25) is 9.10 Å². The fraction of sp³-hybridized carbons (Fsp3) is 0.136. The van der Waals surface area contributed by atoms with E-state index in [1.807, 2.05) is 0 Å². The molecular weight excluding hydrogens is 475 g/mol. The van der Waals surface area contributed by atoms with E-state index in [2.05, 4.69) is 5.32 Å². The average molecular weight is 495 g/mol. The van der Waals surface area contributed by atoms with Crippen LogP contribution in [0, 0.1) is 0 Å². The Bertz CT molecular complexity index is 1220. The summed E-state index contributed by atoms with van der Waals surface area (Å²) in [5.74, 6) is 0.666. The molecule has 7 nitrogen and oxygen atoms in total. The zero-order valence-corrected chi connectivity index (χ0v) is 19.5. The highest BCUT2D eigenvalue weighted by atomic mass is 35.5. The van der Waals surface area contributed by atoms with Crippen LogP contribution in [0.25, 0.3) is 0 Å². The average Bonchev–Trinajstić information content (AvgIpc) is 2.74. The number of para-hydroxylation sites is 2. The number of rotatable bonds is 8. The zero-order valence-electron chi connectivity index (χ0n) is 17.2. The van der Waals surface area contributed by atoms with Gasteiger partial charge in [0.2, 0.25) is 15.9 Å². The van der Waals surface area contributed by atoms with Crippen molar-refractivity contribution in [3.63, 3.8) is 0 Å². The summed E-state index contributed by atoms with van der Waals surface area (Å²) in [6.45, 7) is -0.457. The van der Waals surface area contributed by atoms with Crippen LogP contribution >= 0.6 is 23.2 Å². The van der Waals surface area contributed by atoms with E-state index in [9.17, 15) is 13.2 Å². The van der Waals surface area contributed by atoms with Crippen LogP contribution in [0.5, 0.6) is 17.2 Å². The molecule has 0 atom stereocenters. The first kappa shape index (κ1) is 23.7. The summed E-state index contributed by atoms with van der Waals surface area (Å²) in [7, 11) is -2.22. The Morgan fingerprint density at radius 1 is 0.938 bits per heavy atom. The molecule has 3 rings (SSSR count). The van der Waals surface area contributed by atoms with Crippen molar-refractivity contribution in [2.24, 2.45) is 0 Å². The Morgan fingerprint density at radius 2 is 1.56 bits per heavy atom. The van der Waals surface area contributed by atoms with Gasteiger partial charge in [0.25, 0.3) is 0 Å². The third-order valence-electron chi connectivity index (χ3n) is 4.31. The van der Waals surface area contributed by atoms with Crippen molar-refractivity contribution in [3.8, 4) is 17.2 Å². The number of amides is 1. The number of methoxy groups -OCH3 is 1. The molecule has 0 aromatic heterocycles. The quantitative estimate of drug-likeness (QED) is 0.465. The van der Waals surface area contributed by atoms with Crippen LogP contribution in [0.15, 0.2) is 66.7 Å². The maximum absolute atomic E-state index is 12.8. The van der Waals surface area contributed by atoms with Gasteiger partial charge in [0.1, 0.15) is 6.54 Å². The van der Waals surface area contributed by atoms with Gasteiger partial charge in [0.05, 0.1) is 24.7 Å². The largest absolute Gasteiger partial charge is 0.493 e. The molecule has 0 saturated heterocycles. The molecule has 32 heavy (non-hydrogen) atoms. The van der Waals surface area contributed by atoms with Crippen molar-refractivity contribution in [2.75, 3.05) is 29.5 Å². The summed E-state index contributed by atoms with van der Waals surface area (Å²) in [6, 6.07) is 17.9. The third-order valence-corrected chi connectivity index (χ3v) is 5.93. The van der Waals surface area contributed by atoms with Crippen molar-refractivity contribution in [2.45, 2.75) is 0 Å². The van der Waals surface area contributed by atoms with E-state index in [1.54, 1.807) is 48.5 Å². The fourth-order valence-electron chi connectivity index (χ4n) is 2.84. The zero-order chi connectivity index (χ0) is 23.3. The van der Waals surface area contributed by atoms with Crippen LogP contribution in [0.4, 0.5) is 11.4 Å². The molecule has 1 amide bonds. The highest BCUT2D eigenvalue weighted by molar-refractivity contribution is 7.92. The Kier molecular flexibility index (Phi) is 7.50. The first-order chi connectivity index (χ1) is 15.2. The van der Waals surface area contributed by atoms with E-state index >= 15 is 0 Å². The lowest BCUT2D eigenvalue weighted by Crippen LogP contribution is -2.37. The highest BCUT2D eigenvalue weighted by Crippen LogP contribution is 2.36. The predicted octanol–water partition coefficient (Wildman–Crippen LogP) is 5.20. The minimum absolute atomic E-state index is 0.276. The smallest absolute Gasteiger partial charge is 0.245 e. The summed E-state index contributed by atoms with van der Waals surface area (Å²) < 4.78 is 36.8. The maximum Gasteiger partial charge on any atom is 0.245 e. The van der Waals surface area contributed by atoms with E-state index < -0.39 is 22.5 Å². The van der Waals surface area contributed by atoms with E-state index in [1.165, 1.54) is 25.3 Å². The number of anilines is 2. The molecule has 0 heterocycles. The Hall–Kier alpha value is -2.94. The molecule has 0 unspecified atom stereocenters. The van der Waals surface area contributed by atoms with Crippen molar-refractivity contribution < 1.29 is 22.7 Å². The van der Waals surface area contributed by atoms with Crippen molar-refractivity contribution in [3.05, 3.63) is 76.8 Å². The third kappa shape index (κ3) is 6.06. The number of carbonyl (C=O) groups is 1. The molecule has 168 valence electrons. The van der Waals surface area contributed by atoms with E-state index in [4.69, 9.17) is 32.7 Å². The van der Waals surface area contributed by atoms with Crippen LogP contribution in [-0.2, 0) is 14.8 Å². The van der Waals surface area contributed by atoms with Gasteiger partial charge < -0.3 is 14.8 Å². The molecule has 0 aliphatic carbocycles. The molecule has 0 spiro atoms. The summed E-state index contributed by atoms with van der Waals surface area (Å²) in [4.78, 5) is 12.8. The molecule has 1 N–H and O–H groups in total. The topological polar surface area (TPSA) is 84.9 Å². The molecular formula is C22H20Cl2N2O5S. The van der Waals surface area contributed by atoms with Gasteiger partial charge in [-0.15, -0.1) is 0 Å². The SMILES string of the molecule is COc1ccccc1Oc1ccc(Cl)cc1NC(=O)CN(c1ccc(Cl)cc1)S(C)(=O)=O. The summed E-state index contributed by atoms with van der Waals surface area (Å²) in [6.07, 6.45) is 1.02. The standard InChI is InChI=1S/C22H20Cl2N2O5S/c1-30-20-5-3-4-6-21(20)31-19-12-9-16(24)13-18(19)25-22(27)14-26(32(2,28)29)17-10-7-15(23)8-11-17/h3-13H,14H2,1-2H3,(H,25,27). The Balaban J connectivity index is 1.85. The second kappa shape index (κ2) is 10.1. The molecule has 0 aliphatic rings. The molecule has 0 bridgehead atoms. The Morgan fingerprint density at radius 3 is 2.19 bits per heavy atom. The van der Waals surface area contributed by atoms with Gasteiger partial charge in [-0.1, -0.05) is 35.3 Å². The Labute approximate surface area is 196 Å². The van der Waals surface area contributed by atoms with E-state index in [-0.39, 0.29) is 5.69 Å². The van der Waals surface area contributed by atoms with Gasteiger partial charge in [-0.2, -0.15) is 0 Å². The number of ether oxygens (including phenoxy) is 2. The van der Waals surface area contributed by atoms with Crippen LogP contribution in [0.1, 0.15) is 0 Å². The molecule has 10 heteroatoms. The highest BCUT2D eigenvalue weighted by Gasteiger charge is 2.22. The lowest BCUT2D eigenvalue weighted by molar-refractivity contribution is -0.114. The molecule has 0 aliphatic heterocycles. The molecule has 0 fully saturated rings. The number of carbonyl (C=O) groups excluding carboxylic acids is 1. The lowest BCUT2D eigenvalue weighted by Gasteiger charge is -2.22. The van der Waals surface area contributed by atoms with Gasteiger partial charge in [-0.25, -0.2) is 8.42 Å². The van der Waals surface area contributed by atoms with Crippen LogP contribution < -0.4 is 19.1 Å². The van der Waals surface area contributed by atoms with Crippen molar-refractivity contribution in [1.82, 2.24) is 0 Å². The number of benzene rings is 3. The minimum atomic E-state index is -3.74. The number of nitrogens with one attached hydrogen (secondary N) is 1. The summed E-state index contributed by atoms with van der Waals surface area (Å²) in [5, 5.41) is 3.49. The van der Waals surface area contributed by atoms with Crippen molar-refractivity contribution in [1.29, 1.82) is 0 Å². The molecule has 0 radical (unpaired) electrons. The fourth-order valence-corrected chi connectivity index (χ4v) is 3.99. The normalized spacial score (nSPS) is 11.0. The van der Waals surface area contributed by atoms with Crippen LogP contribution in [-0.4, -0.2) is 34.2 Å². The summed E-state index contributed by atoms with van der Waals surface area (Å²) >= 11 is 12.0. The van der Waals surface area contributed by atoms with E-state index in [0.717, 1.165) is 10.6 Å². The number of halogens is 2. The second-order valence-corrected chi connectivity index (χ2v) is 9.47. The van der Waals surface area contributed by atoms with Gasteiger partial charge in [-0.05, 0) is 54.6 Å². The minimum Gasteiger partial charge on any atom is -0.493 e. The molecule has 3 aromatic carbocycles. The number of hydrogen-bond acceptors (Lipinski definition) is 5. The second-order valence-electron chi connectivity index (χ2n) is 6.69. The van der Waals surface area contributed by atoms with Gasteiger partial charge in [0.15, 0.2) is 17.2 Å². The number of hydrogen-bond donors (Lipinski definition) is 1. The first-order valence-electron chi connectivity index (χ1n) is 9.31. The molecule has 3 aromatic rings. The predicted molar refractivity (Wildman–Crippen MR) is 127 cm³/mol. The van der Waals surface area contributed by atoms with Gasteiger partial charge >= 0.3 is 0 Å². The van der Waals surface area contributed by atoms with Crippen LogP contribution in [0.2, 0.25) is 10.0 Å². The monoisotopic (exact) mass is 494 g/mol. The van der Waals surface area contributed by atoms with Crippen LogP contribution in [0.3, 0.4) is 0 Å². The first-order valence-corrected chi connectivity index (χ1v) is 11.9. The summed E-state index contributed by atoms with van der Waals surface area (Å²) in [5.41, 5.74) is 0.585. The lowest BCUT2D eigenvalue weighted by atomic mass is 10.2. The van der Waals surface area contributed by atoms with E-state index in [0.29, 0.717) is 33.0 Å². The molecule has 0 saturated carbocycles. The number of sulfonamides is 1. The maximum atomic E-state index is 12.8. The van der Waals surface area contributed by atoms with Gasteiger partial charge in [0, 0.05) is 10.0 Å². The van der Waals surface area contributed by atoms with Crippen molar-refractivity contribution >= 4 is 50.5 Å². The number of nitrogens with zero attached hydrogens (tertiary/aromatic N) is 1.